The summed E-state index contributed by atoms with van der Waals surface area (Å²) in [5.74, 6) is -0.307. The number of carbonyl (C=O) groups excluding carboxylic acids is 2. The van der Waals surface area contributed by atoms with E-state index >= 15 is 0 Å². The number of sulfonamides is 1. The molecule has 0 aliphatic rings. The van der Waals surface area contributed by atoms with E-state index in [-0.39, 0.29) is 23.8 Å². The molecule has 0 unspecified atom stereocenters. The largest absolute Gasteiger partial charge is 0.493 e. The lowest BCUT2D eigenvalue weighted by Crippen LogP contribution is -2.30. The van der Waals surface area contributed by atoms with Gasteiger partial charge < -0.3 is 9.47 Å². The van der Waals surface area contributed by atoms with Crippen LogP contribution in [0.1, 0.15) is 26.2 Å². The minimum Gasteiger partial charge on any atom is -0.493 e. The van der Waals surface area contributed by atoms with Gasteiger partial charge in [0, 0.05) is 24.3 Å². The molecular weight excluding hydrogens is 382 g/mol. The summed E-state index contributed by atoms with van der Waals surface area (Å²) in [6, 6.07) is 5.65. The maximum Gasteiger partial charge on any atom is 0.333 e. The topological polar surface area (TPSA) is 98.8 Å². The van der Waals surface area contributed by atoms with Crippen molar-refractivity contribution in [2.75, 3.05) is 19.1 Å². The van der Waals surface area contributed by atoms with Gasteiger partial charge in [0.25, 0.3) is 10.0 Å². The van der Waals surface area contributed by atoms with Gasteiger partial charge in [-0.15, -0.1) is 11.6 Å². The number of nitrogens with one attached hydrogen (secondary N) is 1. The number of esters is 1. The Hall–Kier alpha value is -2.06. The summed E-state index contributed by atoms with van der Waals surface area (Å²) in [5.41, 5.74) is 0.331. The van der Waals surface area contributed by atoms with Gasteiger partial charge in [0.05, 0.1) is 18.1 Å². The van der Waals surface area contributed by atoms with Gasteiger partial charge in [-0.25, -0.2) is 17.9 Å². The molecule has 0 radical (unpaired) electrons. The minimum absolute atomic E-state index is 0.0415. The number of hydrogen-bond donors (Lipinski definition) is 1. The molecular formula is C17H22ClNO6S. The molecule has 1 N–H and O–H groups in total. The second-order valence-electron chi connectivity index (χ2n) is 5.41. The first kappa shape index (κ1) is 22.0. The molecule has 1 amide bonds. The standard InChI is InChI=1S/C17H22ClNO6S/c1-13(2)17(21)25-12-4-11-24-14-6-8-15(9-7-14)26(22,23)19-16(20)5-3-10-18/h6-9H,1,3-5,10-12H2,2H3,(H,19,20). The summed E-state index contributed by atoms with van der Waals surface area (Å²) in [5, 5.41) is 0. The van der Waals surface area contributed by atoms with E-state index in [0.29, 0.717) is 30.8 Å². The molecule has 0 aliphatic heterocycles. The fourth-order valence-electron chi connectivity index (χ4n) is 1.74. The van der Waals surface area contributed by atoms with Crippen molar-refractivity contribution in [3.05, 3.63) is 36.4 Å². The maximum atomic E-state index is 12.1. The minimum atomic E-state index is -3.92. The van der Waals surface area contributed by atoms with Crippen LogP contribution in [0.2, 0.25) is 0 Å². The number of benzene rings is 1. The third-order valence-corrected chi connectivity index (χ3v) is 4.72. The molecule has 0 saturated heterocycles. The molecule has 0 bridgehead atoms. The molecule has 0 fully saturated rings. The third kappa shape index (κ3) is 7.88. The Morgan fingerprint density at radius 1 is 1.15 bits per heavy atom. The zero-order valence-corrected chi connectivity index (χ0v) is 16.1. The SMILES string of the molecule is C=C(C)C(=O)OCCCOc1ccc(S(=O)(=O)NC(=O)CCCCl)cc1. The molecule has 0 atom stereocenters. The summed E-state index contributed by atoms with van der Waals surface area (Å²) in [6.45, 7) is 5.54. The average molecular weight is 404 g/mol. The van der Waals surface area contributed by atoms with E-state index in [9.17, 15) is 18.0 Å². The number of hydrogen-bond acceptors (Lipinski definition) is 6. The van der Waals surface area contributed by atoms with Crippen molar-refractivity contribution in [2.45, 2.75) is 31.1 Å². The molecule has 1 aromatic rings. The highest BCUT2D eigenvalue weighted by atomic mass is 35.5. The van der Waals surface area contributed by atoms with Crippen LogP contribution in [0.4, 0.5) is 0 Å². The van der Waals surface area contributed by atoms with Gasteiger partial charge in [-0.2, -0.15) is 0 Å². The molecule has 0 aliphatic carbocycles. The van der Waals surface area contributed by atoms with Crippen molar-refractivity contribution in [2.24, 2.45) is 0 Å². The van der Waals surface area contributed by atoms with Crippen molar-refractivity contribution in [1.29, 1.82) is 0 Å². The van der Waals surface area contributed by atoms with Crippen molar-refractivity contribution in [3.63, 3.8) is 0 Å². The number of rotatable bonds is 11. The average Bonchev–Trinajstić information content (AvgIpc) is 2.59. The van der Waals surface area contributed by atoms with Gasteiger partial charge in [0.15, 0.2) is 0 Å². The van der Waals surface area contributed by atoms with Gasteiger partial charge in [-0.05, 0) is 37.6 Å². The lowest BCUT2D eigenvalue weighted by Gasteiger charge is -2.09. The summed E-state index contributed by atoms with van der Waals surface area (Å²) >= 11 is 5.47. The van der Waals surface area contributed by atoms with Crippen LogP contribution in [0.15, 0.2) is 41.3 Å². The quantitative estimate of drug-likeness (QED) is 0.263. The highest BCUT2D eigenvalue weighted by Gasteiger charge is 2.17. The number of alkyl halides is 1. The fraction of sp³-hybridized carbons (Fsp3) is 0.412. The summed E-state index contributed by atoms with van der Waals surface area (Å²) in [7, 11) is -3.92. The smallest absolute Gasteiger partial charge is 0.333 e. The van der Waals surface area contributed by atoms with Gasteiger partial charge in [-0.1, -0.05) is 6.58 Å². The zero-order valence-electron chi connectivity index (χ0n) is 14.5. The van der Waals surface area contributed by atoms with E-state index in [2.05, 4.69) is 6.58 Å². The molecule has 9 heteroatoms. The lowest BCUT2D eigenvalue weighted by atomic mass is 10.3. The van der Waals surface area contributed by atoms with Crippen molar-refractivity contribution >= 4 is 33.5 Å². The normalized spacial score (nSPS) is 10.8. The molecule has 144 valence electrons. The molecule has 0 aromatic heterocycles. The number of halogens is 1. The van der Waals surface area contributed by atoms with E-state index in [0.717, 1.165) is 0 Å². The summed E-state index contributed by atoms with van der Waals surface area (Å²) in [4.78, 5) is 22.7. The molecule has 0 heterocycles. The molecule has 1 rings (SSSR count). The van der Waals surface area contributed by atoms with Crippen molar-refractivity contribution < 1.29 is 27.5 Å². The predicted molar refractivity (Wildman–Crippen MR) is 97.6 cm³/mol. The van der Waals surface area contributed by atoms with Crippen LogP contribution >= 0.6 is 11.6 Å². The lowest BCUT2D eigenvalue weighted by molar-refractivity contribution is -0.139. The Bertz CT molecular complexity index is 730. The highest BCUT2D eigenvalue weighted by Crippen LogP contribution is 2.16. The first-order chi connectivity index (χ1) is 12.3. The summed E-state index contributed by atoms with van der Waals surface area (Å²) in [6.07, 6.45) is 0.924. The highest BCUT2D eigenvalue weighted by molar-refractivity contribution is 7.90. The molecule has 1 aromatic carbocycles. The van der Waals surface area contributed by atoms with Gasteiger partial charge in [0.2, 0.25) is 5.91 Å². The third-order valence-electron chi connectivity index (χ3n) is 3.06. The first-order valence-corrected chi connectivity index (χ1v) is 9.95. The number of amides is 1. The summed E-state index contributed by atoms with van der Waals surface area (Å²) < 4.78 is 36.5. The Kier molecular flexibility index (Phi) is 9.15. The maximum absolute atomic E-state index is 12.1. The predicted octanol–water partition coefficient (Wildman–Crippen LogP) is 2.40. The number of carbonyl (C=O) groups is 2. The molecule has 0 spiro atoms. The second-order valence-corrected chi connectivity index (χ2v) is 7.47. The number of ether oxygens (including phenoxy) is 2. The Morgan fingerprint density at radius 3 is 2.38 bits per heavy atom. The zero-order chi connectivity index (χ0) is 19.6. The van der Waals surface area contributed by atoms with Gasteiger partial charge in [0.1, 0.15) is 5.75 Å². The van der Waals surface area contributed by atoms with Crippen molar-refractivity contribution in [1.82, 2.24) is 4.72 Å². The van der Waals surface area contributed by atoms with Crippen LogP contribution in [0.5, 0.6) is 5.75 Å². The van der Waals surface area contributed by atoms with Gasteiger partial charge >= 0.3 is 5.97 Å². The molecule has 7 nitrogen and oxygen atoms in total. The second kappa shape index (κ2) is 10.8. The van der Waals surface area contributed by atoms with Gasteiger partial charge in [-0.3, -0.25) is 4.79 Å². The van der Waals surface area contributed by atoms with Crippen LogP contribution in [-0.4, -0.2) is 39.4 Å². The fourth-order valence-corrected chi connectivity index (χ4v) is 2.89. The van der Waals surface area contributed by atoms with E-state index in [4.69, 9.17) is 21.1 Å². The van der Waals surface area contributed by atoms with E-state index in [1.807, 2.05) is 4.72 Å². The van der Waals surface area contributed by atoms with E-state index < -0.39 is 21.9 Å². The van der Waals surface area contributed by atoms with Crippen LogP contribution in [0, 0.1) is 0 Å². The Labute approximate surface area is 158 Å². The van der Waals surface area contributed by atoms with Crippen LogP contribution < -0.4 is 9.46 Å². The molecule has 0 saturated carbocycles. The van der Waals surface area contributed by atoms with E-state index in [1.165, 1.54) is 24.3 Å². The Balaban J connectivity index is 2.46. The van der Waals surface area contributed by atoms with E-state index in [1.54, 1.807) is 6.92 Å². The Morgan fingerprint density at radius 2 is 1.81 bits per heavy atom. The van der Waals surface area contributed by atoms with Crippen molar-refractivity contribution in [3.8, 4) is 5.75 Å². The van der Waals surface area contributed by atoms with Crippen LogP contribution in [0.25, 0.3) is 0 Å². The first-order valence-electron chi connectivity index (χ1n) is 7.93. The van der Waals surface area contributed by atoms with Crippen LogP contribution in [0.3, 0.4) is 0 Å². The molecule has 26 heavy (non-hydrogen) atoms. The van der Waals surface area contributed by atoms with Crippen LogP contribution in [-0.2, 0) is 24.3 Å². The monoisotopic (exact) mass is 403 g/mol.